The average molecular weight is 301 g/mol. The Bertz CT molecular complexity index is 716. The zero-order valence-electron chi connectivity index (χ0n) is 12.0. The molecule has 0 bridgehead atoms. The van der Waals surface area contributed by atoms with E-state index in [0.717, 1.165) is 5.56 Å². The molecule has 0 radical (unpaired) electrons. The number of aryl methyl sites for hydroxylation is 1. The highest BCUT2D eigenvalue weighted by molar-refractivity contribution is 5.55. The number of nitro groups is 2. The highest BCUT2D eigenvalue weighted by Gasteiger charge is 2.13. The molecule has 0 aromatic heterocycles. The van der Waals surface area contributed by atoms with Crippen LogP contribution in [-0.2, 0) is 13.0 Å². The number of hydrogen-bond donors (Lipinski definition) is 1. The quantitative estimate of drug-likeness (QED) is 0.648. The van der Waals surface area contributed by atoms with Gasteiger partial charge >= 0.3 is 0 Å². The molecule has 0 atom stereocenters. The molecular formula is C15H15N3O4. The number of nitrogens with one attached hydrogen (secondary N) is 1. The van der Waals surface area contributed by atoms with Crippen molar-refractivity contribution in [1.29, 1.82) is 0 Å². The van der Waals surface area contributed by atoms with E-state index in [1.165, 1.54) is 18.2 Å². The van der Waals surface area contributed by atoms with Gasteiger partial charge in [0.05, 0.1) is 9.85 Å². The van der Waals surface area contributed by atoms with E-state index in [0.29, 0.717) is 24.2 Å². The molecule has 0 heterocycles. The summed E-state index contributed by atoms with van der Waals surface area (Å²) in [4.78, 5) is 20.9. The number of benzene rings is 2. The number of rotatable bonds is 6. The Hall–Kier alpha value is -2.96. The summed E-state index contributed by atoms with van der Waals surface area (Å²) >= 11 is 0. The maximum absolute atomic E-state index is 11.0. The Morgan fingerprint density at radius 1 is 1.05 bits per heavy atom. The Kier molecular flexibility index (Phi) is 4.67. The van der Waals surface area contributed by atoms with Gasteiger partial charge in [-0.1, -0.05) is 25.1 Å². The van der Waals surface area contributed by atoms with Gasteiger partial charge in [-0.25, -0.2) is 0 Å². The number of nitrogens with zero attached hydrogens (tertiary/aromatic N) is 2. The van der Waals surface area contributed by atoms with E-state index in [4.69, 9.17) is 0 Å². The van der Waals surface area contributed by atoms with Crippen LogP contribution in [0.25, 0.3) is 0 Å². The molecular weight excluding hydrogens is 286 g/mol. The van der Waals surface area contributed by atoms with E-state index >= 15 is 0 Å². The minimum atomic E-state index is -0.454. The van der Waals surface area contributed by atoms with Gasteiger partial charge in [0.25, 0.3) is 11.4 Å². The molecule has 0 saturated heterocycles. The molecule has 2 rings (SSSR count). The topological polar surface area (TPSA) is 98.3 Å². The molecule has 0 aliphatic carbocycles. The molecule has 2 aromatic carbocycles. The second kappa shape index (κ2) is 6.66. The predicted octanol–water partition coefficient (Wildman–Crippen LogP) is 3.68. The van der Waals surface area contributed by atoms with Crippen molar-refractivity contribution in [3.63, 3.8) is 0 Å². The van der Waals surface area contributed by atoms with Gasteiger partial charge in [-0.3, -0.25) is 20.2 Å². The van der Waals surface area contributed by atoms with E-state index in [-0.39, 0.29) is 11.4 Å². The Morgan fingerprint density at radius 3 is 2.45 bits per heavy atom. The third-order valence-corrected chi connectivity index (χ3v) is 3.28. The summed E-state index contributed by atoms with van der Waals surface area (Å²) in [5.41, 5.74) is 2.11. The van der Waals surface area contributed by atoms with Crippen molar-refractivity contribution in [2.75, 3.05) is 5.32 Å². The first kappa shape index (κ1) is 15.4. The van der Waals surface area contributed by atoms with E-state index in [1.54, 1.807) is 24.3 Å². The summed E-state index contributed by atoms with van der Waals surface area (Å²) in [6.45, 7) is 2.21. The fourth-order valence-electron chi connectivity index (χ4n) is 2.13. The van der Waals surface area contributed by atoms with Crippen LogP contribution in [0.2, 0.25) is 0 Å². The minimum Gasteiger partial charge on any atom is -0.381 e. The lowest BCUT2D eigenvalue weighted by atomic mass is 10.1. The average Bonchev–Trinajstić information content (AvgIpc) is 2.52. The van der Waals surface area contributed by atoms with Gasteiger partial charge in [0.1, 0.15) is 0 Å². The van der Waals surface area contributed by atoms with Crippen LogP contribution >= 0.6 is 0 Å². The fraction of sp³-hybridized carbons (Fsp3) is 0.200. The lowest BCUT2D eigenvalue weighted by molar-refractivity contribution is -0.385. The number of non-ortho nitro benzene ring substituents is 1. The van der Waals surface area contributed by atoms with E-state index in [1.807, 2.05) is 6.92 Å². The molecule has 0 spiro atoms. The largest absolute Gasteiger partial charge is 0.381 e. The summed E-state index contributed by atoms with van der Waals surface area (Å²) in [6.07, 6.45) is 0.585. The lowest BCUT2D eigenvalue weighted by Gasteiger charge is -2.08. The third-order valence-electron chi connectivity index (χ3n) is 3.28. The van der Waals surface area contributed by atoms with Gasteiger partial charge in [-0.2, -0.15) is 0 Å². The maximum atomic E-state index is 11.0. The monoisotopic (exact) mass is 301 g/mol. The molecule has 0 unspecified atom stereocenters. The van der Waals surface area contributed by atoms with Crippen LogP contribution in [0.5, 0.6) is 0 Å². The number of nitro benzene ring substituents is 2. The van der Waals surface area contributed by atoms with E-state index in [2.05, 4.69) is 5.32 Å². The molecule has 0 saturated carbocycles. The van der Waals surface area contributed by atoms with Gasteiger partial charge in [0.2, 0.25) is 0 Å². The molecule has 1 N–H and O–H groups in total. The van der Waals surface area contributed by atoms with Crippen molar-refractivity contribution in [2.24, 2.45) is 0 Å². The third kappa shape index (κ3) is 3.57. The Morgan fingerprint density at radius 2 is 1.82 bits per heavy atom. The Balaban J connectivity index is 2.15. The zero-order valence-corrected chi connectivity index (χ0v) is 12.0. The van der Waals surface area contributed by atoms with Crippen molar-refractivity contribution < 1.29 is 9.85 Å². The molecule has 0 fully saturated rings. The van der Waals surface area contributed by atoms with Crippen LogP contribution in [0.15, 0.2) is 42.5 Å². The highest BCUT2D eigenvalue weighted by Crippen LogP contribution is 2.24. The molecule has 114 valence electrons. The summed E-state index contributed by atoms with van der Waals surface area (Å²) in [5.74, 6) is 0. The first-order chi connectivity index (χ1) is 10.5. The molecule has 2 aromatic rings. The smallest absolute Gasteiger partial charge is 0.274 e. The standard InChI is InChI=1S/C15H15N3O4/c1-2-12-6-7-13(9-15(12)18(21)22)16-10-11-4-3-5-14(8-11)17(19)20/h3-9,16H,2,10H2,1H3. The summed E-state index contributed by atoms with van der Waals surface area (Å²) < 4.78 is 0. The van der Waals surface area contributed by atoms with E-state index in [9.17, 15) is 20.2 Å². The maximum Gasteiger partial charge on any atom is 0.274 e. The first-order valence-corrected chi connectivity index (χ1v) is 6.75. The second-order valence-electron chi connectivity index (χ2n) is 4.73. The van der Waals surface area contributed by atoms with Crippen LogP contribution < -0.4 is 5.32 Å². The number of hydrogen-bond acceptors (Lipinski definition) is 5. The molecule has 7 nitrogen and oxygen atoms in total. The molecule has 0 aliphatic rings. The fourth-order valence-corrected chi connectivity index (χ4v) is 2.13. The van der Waals surface area contributed by atoms with Crippen molar-refractivity contribution in [3.8, 4) is 0 Å². The highest BCUT2D eigenvalue weighted by atomic mass is 16.6. The second-order valence-corrected chi connectivity index (χ2v) is 4.73. The summed E-state index contributed by atoms with van der Waals surface area (Å²) in [7, 11) is 0. The van der Waals surface area contributed by atoms with Gasteiger partial charge in [0, 0.05) is 36.0 Å². The normalized spacial score (nSPS) is 10.2. The van der Waals surface area contributed by atoms with Crippen LogP contribution in [0.3, 0.4) is 0 Å². The van der Waals surface area contributed by atoms with Crippen molar-refractivity contribution in [3.05, 3.63) is 73.8 Å². The minimum absolute atomic E-state index is 0.0200. The van der Waals surface area contributed by atoms with Crippen LogP contribution in [0.1, 0.15) is 18.1 Å². The summed E-state index contributed by atoms with van der Waals surface area (Å²) in [6, 6.07) is 11.2. The SMILES string of the molecule is CCc1ccc(NCc2cccc([N+](=O)[O-])c2)cc1[N+](=O)[O-]. The van der Waals surface area contributed by atoms with Crippen LogP contribution in [0.4, 0.5) is 17.1 Å². The Labute approximate surface area is 126 Å². The predicted molar refractivity (Wildman–Crippen MR) is 82.9 cm³/mol. The van der Waals surface area contributed by atoms with Gasteiger partial charge in [-0.05, 0) is 18.1 Å². The van der Waals surface area contributed by atoms with Crippen molar-refractivity contribution in [2.45, 2.75) is 19.9 Å². The lowest BCUT2D eigenvalue weighted by Crippen LogP contribution is -2.02. The number of anilines is 1. The molecule has 7 heteroatoms. The molecule has 0 amide bonds. The molecule has 22 heavy (non-hydrogen) atoms. The summed E-state index contributed by atoms with van der Waals surface area (Å²) in [5, 5.41) is 24.8. The zero-order chi connectivity index (χ0) is 16.1. The molecule has 0 aliphatic heterocycles. The van der Waals surface area contributed by atoms with Crippen LogP contribution in [0, 0.1) is 20.2 Å². The van der Waals surface area contributed by atoms with Gasteiger partial charge in [-0.15, -0.1) is 0 Å². The van der Waals surface area contributed by atoms with E-state index < -0.39 is 9.85 Å². The van der Waals surface area contributed by atoms with Gasteiger partial charge in [0.15, 0.2) is 0 Å². The van der Waals surface area contributed by atoms with Crippen molar-refractivity contribution in [1.82, 2.24) is 0 Å². The van der Waals surface area contributed by atoms with Gasteiger partial charge < -0.3 is 5.32 Å². The van der Waals surface area contributed by atoms with Crippen molar-refractivity contribution >= 4 is 17.1 Å². The van der Waals surface area contributed by atoms with Crippen LogP contribution in [-0.4, -0.2) is 9.85 Å². The first-order valence-electron chi connectivity index (χ1n) is 6.75.